The van der Waals surface area contributed by atoms with Gasteiger partial charge in [0, 0.05) is 29.2 Å². The highest BCUT2D eigenvalue weighted by molar-refractivity contribution is 6.08. The van der Waals surface area contributed by atoms with E-state index in [0.717, 1.165) is 16.5 Å². The van der Waals surface area contributed by atoms with Crippen LogP contribution in [0.25, 0.3) is 10.9 Å². The van der Waals surface area contributed by atoms with Gasteiger partial charge in [0.2, 0.25) is 5.78 Å². The molecule has 3 rings (SSSR count). The Morgan fingerprint density at radius 1 is 1.11 bits per heavy atom. The Kier molecular flexibility index (Phi) is 6.07. The molecule has 1 aromatic heterocycles. The number of hydrogen-bond acceptors (Lipinski definition) is 5. The molecule has 0 fully saturated rings. The summed E-state index contributed by atoms with van der Waals surface area (Å²) in [5.74, 6) is 0.109. The Bertz CT molecular complexity index is 1030. The second-order valence-corrected chi connectivity index (χ2v) is 6.27. The summed E-state index contributed by atoms with van der Waals surface area (Å²) in [6.45, 7) is 0.440. The molecule has 2 aromatic carbocycles. The predicted octanol–water partition coefficient (Wildman–Crippen LogP) is 3.53. The van der Waals surface area contributed by atoms with Gasteiger partial charge in [-0.2, -0.15) is 5.26 Å². The van der Waals surface area contributed by atoms with E-state index in [1.807, 2.05) is 28.8 Å². The minimum absolute atomic E-state index is 0.0946. The fourth-order valence-electron chi connectivity index (χ4n) is 2.99. The highest BCUT2D eigenvalue weighted by Gasteiger charge is 2.15. The van der Waals surface area contributed by atoms with Crippen LogP contribution in [-0.4, -0.2) is 30.0 Å². The molecule has 0 radical (unpaired) electrons. The van der Waals surface area contributed by atoms with Crippen LogP contribution in [0.5, 0.6) is 5.75 Å². The third-order valence-corrected chi connectivity index (χ3v) is 4.42. The average Bonchev–Trinajstić information content (AvgIpc) is 3.10. The minimum Gasteiger partial charge on any atom is -0.485 e. The van der Waals surface area contributed by atoms with E-state index in [9.17, 15) is 9.59 Å². The molecule has 0 aliphatic rings. The van der Waals surface area contributed by atoms with Crippen molar-refractivity contribution < 1.29 is 19.1 Å². The summed E-state index contributed by atoms with van der Waals surface area (Å²) in [5, 5.41) is 9.68. The molecule has 0 bridgehead atoms. The number of carbonyl (C=O) groups excluding carboxylic acids is 2. The average molecular weight is 376 g/mol. The van der Waals surface area contributed by atoms with Crippen LogP contribution < -0.4 is 4.74 Å². The zero-order valence-corrected chi connectivity index (χ0v) is 15.6. The molecule has 3 aromatic rings. The standard InChI is InChI=1S/C22H20N2O4/c1-27-22(26)13-16-7-9-17(10-8-16)28-15-21(25)19-14-24(12-4-11-23)20-6-3-2-5-18(19)20/h2-3,5-10,14H,4,12-13,15H2,1H3. The van der Waals surface area contributed by atoms with Crippen LogP contribution in [0.4, 0.5) is 0 Å². The van der Waals surface area contributed by atoms with Gasteiger partial charge in [-0.15, -0.1) is 0 Å². The normalized spacial score (nSPS) is 10.4. The van der Waals surface area contributed by atoms with Crippen molar-refractivity contribution in [1.82, 2.24) is 4.57 Å². The van der Waals surface area contributed by atoms with Gasteiger partial charge in [0.25, 0.3) is 0 Å². The minimum atomic E-state index is -0.309. The maximum absolute atomic E-state index is 12.7. The quantitative estimate of drug-likeness (QED) is 0.444. The number of Topliss-reactive ketones (excluding diaryl/α,β-unsaturated/α-hetero) is 1. The first-order valence-corrected chi connectivity index (χ1v) is 8.89. The molecule has 0 atom stereocenters. The van der Waals surface area contributed by atoms with E-state index >= 15 is 0 Å². The lowest BCUT2D eigenvalue weighted by atomic mass is 10.1. The van der Waals surface area contributed by atoms with Crippen molar-refractivity contribution in [2.24, 2.45) is 0 Å². The number of carbonyl (C=O) groups is 2. The van der Waals surface area contributed by atoms with Crippen molar-refractivity contribution in [3.05, 3.63) is 65.9 Å². The predicted molar refractivity (Wildman–Crippen MR) is 104 cm³/mol. The zero-order valence-electron chi connectivity index (χ0n) is 15.6. The van der Waals surface area contributed by atoms with Gasteiger partial charge in [-0.1, -0.05) is 30.3 Å². The lowest BCUT2D eigenvalue weighted by molar-refractivity contribution is -0.139. The monoisotopic (exact) mass is 376 g/mol. The van der Waals surface area contributed by atoms with Gasteiger partial charge >= 0.3 is 5.97 Å². The summed E-state index contributed by atoms with van der Waals surface area (Å²) in [5.41, 5.74) is 2.32. The number of aryl methyl sites for hydroxylation is 1. The van der Waals surface area contributed by atoms with E-state index in [-0.39, 0.29) is 24.8 Å². The Balaban J connectivity index is 1.70. The maximum Gasteiger partial charge on any atom is 0.309 e. The number of para-hydroxylation sites is 1. The number of nitriles is 1. The number of ketones is 1. The molecule has 0 unspecified atom stereocenters. The maximum atomic E-state index is 12.7. The van der Waals surface area contributed by atoms with E-state index in [1.165, 1.54) is 7.11 Å². The van der Waals surface area contributed by atoms with E-state index < -0.39 is 0 Å². The first-order valence-electron chi connectivity index (χ1n) is 8.89. The number of hydrogen-bond donors (Lipinski definition) is 0. The van der Waals surface area contributed by atoms with Gasteiger partial charge in [-0.3, -0.25) is 9.59 Å². The van der Waals surface area contributed by atoms with Crippen molar-refractivity contribution in [3.63, 3.8) is 0 Å². The van der Waals surface area contributed by atoms with Crippen LogP contribution in [0.2, 0.25) is 0 Å². The number of aromatic nitrogens is 1. The van der Waals surface area contributed by atoms with E-state index in [1.54, 1.807) is 30.5 Å². The number of methoxy groups -OCH3 is 1. The molecule has 142 valence electrons. The number of rotatable bonds is 8. The Labute approximate surface area is 162 Å². The molecule has 0 aliphatic heterocycles. The highest BCUT2D eigenvalue weighted by Crippen LogP contribution is 2.23. The number of fused-ring (bicyclic) bond motifs is 1. The van der Waals surface area contributed by atoms with Crippen molar-refractivity contribution >= 4 is 22.7 Å². The number of nitrogens with zero attached hydrogens (tertiary/aromatic N) is 2. The molecule has 0 aliphatic carbocycles. The topological polar surface area (TPSA) is 81.3 Å². The van der Waals surface area contributed by atoms with Crippen molar-refractivity contribution in [3.8, 4) is 11.8 Å². The van der Waals surface area contributed by atoms with E-state index in [0.29, 0.717) is 24.3 Å². The smallest absolute Gasteiger partial charge is 0.309 e. The molecular formula is C22H20N2O4. The fourth-order valence-corrected chi connectivity index (χ4v) is 2.99. The van der Waals surface area contributed by atoms with E-state index in [4.69, 9.17) is 10.00 Å². The molecule has 1 heterocycles. The Morgan fingerprint density at radius 2 is 1.86 bits per heavy atom. The fraction of sp³-hybridized carbons (Fsp3) is 0.227. The van der Waals surface area contributed by atoms with Crippen LogP contribution in [0.3, 0.4) is 0 Å². The molecule has 6 heteroatoms. The number of benzene rings is 2. The lowest BCUT2D eigenvalue weighted by Gasteiger charge is -2.06. The molecule has 6 nitrogen and oxygen atoms in total. The number of ether oxygens (including phenoxy) is 2. The molecular weight excluding hydrogens is 356 g/mol. The summed E-state index contributed by atoms with van der Waals surface area (Å²) in [4.78, 5) is 24.0. The second-order valence-electron chi connectivity index (χ2n) is 6.27. The molecule has 0 saturated carbocycles. The first-order chi connectivity index (χ1) is 13.6. The Hall–Kier alpha value is -3.59. The van der Waals surface area contributed by atoms with Crippen LogP contribution in [0.15, 0.2) is 54.7 Å². The van der Waals surface area contributed by atoms with E-state index in [2.05, 4.69) is 10.8 Å². The first kappa shape index (κ1) is 19.2. The van der Waals surface area contributed by atoms with Gasteiger partial charge in [-0.05, 0) is 23.8 Å². The van der Waals surface area contributed by atoms with Gasteiger partial charge in [0.05, 0.1) is 26.0 Å². The van der Waals surface area contributed by atoms with Gasteiger partial charge in [0.1, 0.15) is 5.75 Å². The highest BCUT2D eigenvalue weighted by atomic mass is 16.5. The zero-order chi connectivity index (χ0) is 19.9. The molecule has 0 amide bonds. The summed E-state index contributed by atoms with van der Waals surface area (Å²) < 4.78 is 12.2. The van der Waals surface area contributed by atoms with Crippen molar-refractivity contribution in [2.45, 2.75) is 19.4 Å². The Morgan fingerprint density at radius 3 is 2.57 bits per heavy atom. The summed E-state index contributed by atoms with van der Waals surface area (Å²) in [6.07, 6.45) is 2.35. The SMILES string of the molecule is COC(=O)Cc1ccc(OCC(=O)c2cn(CCC#N)c3ccccc23)cc1. The lowest BCUT2D eigenvalue weighted by Crippen LogP contribution is -2.11. The number of esters is 1. The van der Waals surface area contributed by atoms with Gasteiger partial charge < -0.3 is 14.0 Å². The third-order valence-electron chi connectivity index (χ3n) is 4.42. The van der Waals surface area contributed by atoms with Crippen LogP contribution in [0, 0.1) is 11.3 Å². The van der Waals surface area contributed by atoms with Crippen LogP contribution in [0.1, 0.15) is 22.3 Å². The molecule has 28 heavy (non-hydrogen) atoms. The second kappa shape index (κ2) is 8.87. The molecule has 0 spiro atoms. The largest absolute Gasteiger partial charge is 0.485 e. The summed E-state index contributed by atoms with van der Waals surface area (Å²) in [6, 6.07) is 16.7. The van der Waals surface area contributed by atoms with Gasteiger partial charge in [0.15, 0.2) is 6.61 Å². The third kappa shape index (κ3) is 4.38. The van der Waals surface area contributed by atoms with Crippen molar-refractivity contribution in [2.75, 3.05) is 13.7 Å². The van der Waals surface area contributed by atoms with Crippen LogP contribution in [-0.2, 0) is 22.5 Å². The summed E-state index contributed by atoms with van der Waals surface area (Å²) >= 11 is 0. The van der Waals surface area contributed by atoms with Crippen molar-refractivity contribution in [1.29, 1.82) is 5.26 Å². The molecule has 0 saturated heterocycles. The summed E-state index contributed by atoms with van der Waals surface area (Å²) in [7, 11) is 1.35. The van der Waals surface area contributed by atoms with Gasteiger partial charge in [-0.25, -0.2) is 0 Å². The van der Waals surface area contributed by atoms with Crippen LogP contribution >= 0.6 is 0 Å². The molecule has 0 N–H and O–H groups in total.